The van der Waals surface area contributed by atoms with Crippen LogP contribution in [0.5, 0.6) is 0 Å². The molecule has 0 spiro atoms. The molecule has 0 saturated carbocycles. The van der Waals surface area contributed by atoms with E-state index in [9.17, 15) is 23.1 Å². The summed E-state index contributed by atoms with van der Waals surface area (Å²) in [5.74, 6) is -1.16. The summed E-state index contributed by atoms with van der Waals surface area (Å²) in [6.45, 7) is 5.55. The molecule has 10 heteroatoms. The summed E-state index contributed by atoms with van der Waals surface area (Å²) in [5.41, 5.74) is 5.72. The molecule has 174 valence electrons. The van der Waals surface area contributed by atoms with Gasteiger partial charge in [-0.1, -0.05) is 54.1 Å². The predicted octanol–water partition coefficient (Wildman–Crippen LogP) is 2.90. The smallest absolute Gasteiger partial charge is 0.408 e. The first-order valence-electron chi connectivity index (χ1n) is 9.61. The van der Waals surface area contributed by atoms with Gasteiger partial charge in [0.15, 0.2) is 0 Å². The summed E-state index contributed by atoms with van der Waals surface area (Å²) in [5, 5.41) is 11.7. The molecule has 2 aromatic carbocycles. The van der Waals surface area contributed by atoms with Gasteiger partial charge in [0, 0.05) is 0 Å². The third-order valence-electron chi connectivity index (χ3n) is 4.35. The first-order valence-corrected chi connectivity index (χ1v) is 11.1. The van der Waals surface area contributed by atoms with E-state index >= 15 is 0 Å². The molecule has 0 saturated heterocycles. The highest BCUT2D eigenvalue weighted by Crippen LogP contribution is 2.17. The number of benzene rings is 2. The zero-order valence-electron chi connectivity index (χ0n) is 17.7. The number of carbonyl (C=O) groups is 2. The topological polar surface area (TPSA) is 156 Å². The number of hydrogen-bond donors (Lipinski definition) is 4. The zero-order chi connectivity index (χ0) is 24.2. The Morgan fingerprint density at radius 3 is 2.22 bits per heavy atom. The highest BCUT2D eigenvalue weighted by atomic mass is 32.2. The number of carboxylic acids is 1. The summed E-state index contributed by atoms with van der Waals surface area (Å²) in [6, 6.07) is 15.1. The molecule has 0 radical (unpaired) electrons. The number of hydrogen-bond acceptors (Lipinski definition) is 6. The van der Waals surface area contributed by atoms with Crippen LogP contribution >= 0.6 is 0 Å². The fourth-order valence-corrected chi connectivity index (χ4v) is 3.10. The number of carboxylic acid groups (broad SMARTS) is 1. The lowest BCUT2D eigenvalue weighted by Gasteiger charge is -2.28. The molecule has 0 heterocycles. The average Bonchev–Trinajstić information content (AvgIpc) is 2.73. The van der Waals surface area contributed by atoms with Gasteiger partial charge < -0.3 is 20.9 Å². The molecule has 1 amide bonds. The SMILES string of the molecule is C=CC[C@@](CCN)(NC(=O)OCc1ccccc1)C(=O)O.Cc1ccc(S(=O)(=O)O)cc1. The molecule has 1 atom stereocenters. The Kier molecular flexibility index (Phi) is 10.6. The molecule has 2 aromatic rings. The molecule has 5 N–H and O–H groups in total. The quantitative estimate of drug-likeness (QED) is 0.326. The number of nitrogens with two attached hydrogens (primary N) is 1. The number of ether oxygens (including phenoxy) is 1. The zero-order valence-corrected chi connectivity index (χ0v) is 18.5. The largest absolute Gasteiger partial charge is 0.479 e. The Morgan fingerprint density at radius 1 is 1.16 bits per heavy atom. The number of nitrogens with one attached hydrogen (secondary N) is 1. The van der Waals surface area contributed by atoms with E-state index in [-0.39, 0.29) is 30.9 Å². The number of aliphatic carboxylic acids is 1. The van der Waals surface area contributed by atoms with Crippen molar-refractivity contribution in [3.63, 3.8) is 0 Å². The number of alkyl carbamates (subject to hydrolysis) is 1. The van der Waals surface area contributed by atoms with Crippen molar-refractivity contribution in [1.82, 2.24) is 5.32 Å². The molecule has 0 fully saturated rings. The first-order chi connectivity index (χ1) is 15.0. The number of amides is 1. The van der Waals surface area contributed by atoms with Gasteiger partial charge in [-0.3, -0.25) is 4.55 Å². The second-order valence-electron chi connectivity index (χ2n) is 6.89. The minimum Gasteiger partial charge on any atom is -0.479 e. The van der Waals surface area contributed by atoms with Gasteiger partial charge in [-0.05, 0) is 44.0 Å². The van der Waals surface area contributed by atoms with Crippen LogP contribution in [-0.2, 0) is 26.3 Å². The third-order valence-corrected chi connectivity index (χ3v) is 5.21. The Balaban J connectivity index is 0.000000389. The van der Waals surface area contributed by atoms with E-state index in [2.05, 4.69) is 11.9 Å². The standard InChI is InChI=1S/C15H20N2O4.C7H8O3S/c1-2-8-15(9-10-16,13(18)19)17-14(20)21-11-12-6-4-3-5-7-12;1-6-2-4-7(5-3-6)11(8,9)10/h2-7H,1,8-11,16H2,(H,17,20)(H,18,19);2-5H,1H3,(H,8,9,10)/t15-;/m0./s1. The van der Waals surface area contributed by atoms with Crippen LogP contribution in [0.3, 0.4) is 0 Å². The maximum Gasteiger partial charge on any atom is 0.408 e. The third kappa shape index (κ3) is 8.88. The number of aryl methyl sites for hydroxylation is 1. The minimum absolute atomic E-state index is 0.0666. The summed E-state index contributed by atoms with van der Waals surface area (Å²) < 4.78 is 34.6. The summed E-state index contributed by atoms with van der Waals surface area (Å²) >= 11 is 0. The molecule has 0 aromatic heterocycles. The van der Waals surface area contributed by atoms with Crippen molar-refractivity contribution in [3.05, 3.63) is 78.4 Å². The molecule has 0 aliphatic carbocycles. The van der Waals surface area contributed by atoms with E-state index in [1.165, 1.54) is 18.2 Å². The lowest BCUT2D eigenvalue weighted by Crippen LogP contribution is -2.55. The maximum atomic E-state index is 11.8. The van der Waals surface area contributed by atoms with Gasteiger partial charge in [-0.2, -0.15) is 8.42 Å². The first kappa shape index (κ1) is 26.8. The van der Waals surface area contributed by atoms with Crippen molar-refractivity contribution in [2.75, 3.05) is 6.54 Å². The summed E-state index contributed by atoms with van der Waals surface area (Å²) in [7, 11) is -4.02. The Bertz CT molecular complexity index is 993. The lowest BCUT2D eigenvalue weighted by atomic mass is 9.91. The molecular formula is C22H28N2O7S. The van der Waals surface area contributed by atoms with Crippen LogP contribution in [0.4, 0.5) is 4.79 Å². The molecule has 2 rings (SSSR count). The Hall–Kier alpha value is -3.21. The van der Waals surface area contributed by atoms with Crippen LogP contribution < -0.4 is 11.1 Å². The minimum atomic E-state index is -4.02. The van der Waals surface area contributed by atoms with E-state index < -0.39 is 27.7 Å². The van der Waals surface area contributed by atoms with Crippen LogP contribution in [-0.4, -0.2) is 42.2 Å². The molecule has 0 unspecified atom stereocenters. The Morgan fingerprint density at radius 2 is 1.75 bits per heavy atom. The van der Waals surface area contributed by atoms with Gasteiger partial charge in [0.1, 0.15) is 12.1 Å². The fraction of sp³-hybridized carbons (Fsp3) is 0.273. The van der Waals surface area contributed by atoms with Crippen molar-refractivity contribution >= 4 is 22.2 Å². The average molecular weight is 465 g/mol. The second-order valence-corrected chi connectivity index (χ2v) is 8.32. The van der Waals surface area contributed by atoms with Crippen LogP contribution in [0, 0.1) is 6.92 Å². The molecule has 0 aliphatic rings. The van der Waals surface area contributed by atoms with Crippen LogP contribution in [0.2, 0.25) is 0 Å². The number of carbonyl (C=O) groups excluding carboxylic acids is 1. The van der Waals surface area contributed by atoms with E-state index in [1.807, 2.05) is 25.1 Å². The van der Waals surface area contributed by atoms with Crippen molar-refractivity contribution in [2.45, 2.75) is 36.8 Å². The lowest BCUT2D eigenvalue weighted by molar-refractivity contribution is -0.144. The van der Waals surface area contributed by atoms with E-state index in [1.54, 1.807) is 24.3 Å². The van der Waals surface area contributed by atoms with Crippen LogP contribution in [0.25, 0.3) is 0 Å². The highest BCUT2D eigenvalue weighted by Gasteiger charge is 2.38. The molecule has 0 aliphatic heterocycles. The van der Waals surface area contributed by atoms with E-state index in [0.717, 1.165) is 11.1 Å². The van der Waals surface area contributed by atoms with Crippen molar-refractivity contribution in [2.24, 2.45) is 5.73 Å². The molecule has 32 heavy (non-hydrogen) atoms. The fourth-order valence-electron chi connectivity index (χ4n) is 2.62. The van der Waals surface area contributed by atoms with Gasteiger partial charge >= 0.3 is 12.1 Å². The molecule has 9 nitrogen and oxygen atoms in total. The number of rotatable bonds is 9. The molecular weight excluding hydrogens is 436 g/mol. The monoisotopic (exact) mass is 464 g/mol. The maximum absolute atomic E-state index is 11.8. The van der Waals surface area contributed by atoms with Gasteiger partial charge in [-0.25, -0.2) is 9.59 Å². The van der Waals surface area contributed by atoms with Gasteiger partial charge in [0.05, 0.1) is 4.90 Å². The highest BCUT2D eigenvalue weighted by molar-refractivity contribution is 7.85. The summed E-state index contributed by atoms with van der Waals surface area (Å²) in [4.78, 5) is 23.2. The predicted molar refractivity (Wildman–Crippen MR) is 120 cm³/mol. The van der Waals surface area contributed by atoms with Gasteiger partial charge in [0.25, 0.3) is 10.1 Å². The second kappa shape index (κ2) is 12.6. The summed E-state index contributed by atoms with van der Waals surface area (Å²) in [6.07, 6.45) is 0.798. The van der Waals surface area contributed by atoms with E-state index in [4.69, 9.17) is 15.0 Å². The van der Waals surface area contributed by atoms with Crippen molar-refractivity contribution < 1.29 is 32.4 Å². The normalized spacial score (nSPS) is 12.5. The van der Waals surface area contributed by atoms with E-state index in [0.29, 0.717) is 0 Å². The van der Waals surface area contributed by atoms with Gasteiger partial charge in [-0.15, -0.1) is 6.58 Å². The van der Waals surface area contributed by atoms with Crippen molar-refractivity contribution in [1.29, 1.82) is 0 Å². The van der Waals surface area contributed by atoms with Gasteiger partial charge in [0.2, 0.25) is 0 Å². The Labute approximate surface area is 187 Å². The molecule has 0 bridgehead atoms. The van der Waals surface area contributed by atoms with Crippen LogP contribution in [0.15, 0.2) is 72.1 Å². The van der Waals surface area contributed by atoms with Crippen LogP contribution in [0.1, 0.15) is 24.0 Å². The van der Waals surface area contributed by atoms with Crippen molar-refractivity contribution in [3.8, 4) is 0 Å².